The highest BCUT2D eigenvalue weighted by molar-refractivity contribution is 5.95. The van der Waals surface area contributed by atoms with Gasteiger partial charge >= 0.3 is 0 Å². The molecule has 1 rings (SSSR count). The van der Waals surface area contributed by atoms with Crippen LogP contribution in [0.5, 0.6) is 0 Å². The highest BCUT2D eigenvalue weighted by Gasteiger charge is 2.18. The first kappa shape index (κ1) is 19.9. The Bertz CT molecular complexity index is 458. The number of ether oxygens (including phenoxy) is 1. The van der Waals surface area contributed by atoms with E-state index in [2.05, 4.69) is 45.1 Å². The topological polar surface area (TPSA) is 64.3 Å². The van der Waals surface area contributed by atoms with Crippen molar-refractivity contribution < 1.29 is 9.53 Å². The highest BCUT2D eigenvalue weighted by atomic mass is 35.5. The van der Waals surface area contributed by atoms with Crippen LogP contribution in [-0.2, 0) is 9.53 Å². The fraction of sp³-hybridized carbons (Fsp3) is 0.562. The summed E-state index contributed by atoms with van der Waals surface area (Å²) >= 11 is 0. The first-order valence-corrected chi connectivity index (χ1v) is 7.08. The Morgan fingerprint density at radius 3 is 2.29 bits per heavy atom. The van der Waals surface area contributed by atoms with Crippen LogP contribution in [0.25, 0.3) is 0 Å². The molecular weight excluding hydrogens is 288 g/mol. The van der Waals surface area contributed by atoms with E-state index in [1.54, 1.807) is 0 Å². The average molecular weight is 315 g/mol. The lowest BCUT2D eigenvalue weighted by molar-refractivity contribution is -0.125. The summed E-state index contributed by atoms with van der Waals surface area (Å²) in [6.45, 7) is 8.72. The second-order valence-electron chi connectivity index (χ2n) is 5.61. The van der Waals surface area contributed by atoms with Crippen molar-refractivity contribution in [1.29, 1.82) is 0 Å². The molecular formula is C16H27ClN2O2. The van der Waals surface area contributed by atoms with Crippen molar-refractivity contribution in [2.45, 2.75) is 45.6 Å². The van der Waals surface area contributed by atoms with E-state index in [0.717, 1.165) is 11.3 Å². The summed E-state index contributed by atoms with van der Waals surface area (Å²) in [5.41, 5.74) is 8.76. The third-order valence-corrected chi connectivity index (χ3v) is 3.41. The molecule has 1 aromatic rings. The van der Waals surface area contributed by atoms with Crippen LogP contribution in [0.4, 0.5) is 5.69 Å². The van der Waals surface area contributed by atoms with Gasteiger partial charge in [-0.3, -0.25) is 4.79 Å². The zero-order chi connectivity index (χ0) is 15.3. The Hall–Kier alpha value is -1.10. The van der Waals surface area contributed by atoms with Crippen LogP contribution in [0.3, 0.4) is 0 Å². The molecule has 0 saturated carbocycles. The molecule has 0 aliphatic heterocycles. The van der Waals surface area contributed by atoms with Gasteiger partial charge in [-0.1, -0.05) is 39.8 Å². The number of anilines is 1. The van der Waals surface area contributed by atoms with Gasteiger partial charge in [-0.15, -0.1) is 12.4 Å². The number of rotatable bonds is 6. The number of halogens is 1. The minimum Gasteiger partial charge on any atom is -0.370 e. The molecule has 5 heteroatoms. The molecule has 0 radical (unpaired) electrons. The molecule has 0 saturated heterocycles. The molecule has 0 aliphatic rings. The molecule has 0 fully saturated rings. The molecule has 0 spiro atoms. The smallest absolute Gasteiger partial charge is 0.254 e. The number of hydrogen-bond donors (Lipinski definition) is 2. The second kappa shape index (κ2) is 9.03. The summed E-state index contributed by atoms with van der Waals surface area (Å²) in [6.07, 6.45) is -0.611. The lowest BCUT2D eigenvalue weighted by Gasteiger charge is -2.19. The van der Waals surface area contributed by atoms with Crippen molar-refractivity contribution >= 4 is 24.0 Å². The molecule has 0 aliphatic carbocycles. The maximum absolute atomic E-state index is 12.1. The molecule has 1 atom stereocenters. The fourth-order valence-electron chi connectivity index (χ4n) is 2.06. The average Bonchev–Trinajstić information content (AvgIpc) is 2.39. The summed E-state index contributed by atoms with van der Waals surface area (Å²) in [4.78, 5) is 12.1. The SMILES string of the molecule is COC(CN)C(=O)Nc1ccc(C(C)C)cc1C(C)C.Cl. The van der Waals surface area contributed by atoms with Crippen molar-refractivity contribution in [2.75, 3.05) is 19.0 Å². The van der Waals surface area contributed by atoms with Crippen molar-refractivity contribution in [3.63, 3.8) is 0 Å². The third kappa shape index (κ3) is 5.30. The molecule has 21 heavy (non-hydrogen) atoms. The van der Waals surface area contributed by atoms with Crippen molar-refractivity contribution in [1.82, 2.24) is 0 Å². The number of nitrogens with one attached hydrogen (secondary N) is 1. The van der Waals surface area contributed by atoms with E-state index in [0.29, 0.717) is 11.8 Å². The van der Waals surface area contributed by atoms with Gasteiger partial charge in [0.2, 0.25) is 0 Å². The second-order valence-corrected chi connectivity index (χ2v) is 5.61. The molecule has 0 bridgehead atoms. The van der Waals surface area contributed by atoms with Crippen LogP contribution < -0.4 is 11.1 Å². The van der Waals surface area contributed by atoms with Crippen molar-refractivity contribution in [3.05, 3.63) is 29.3 Å². The lowest BCUT2D eigenvalue weighted by Crippen LogP contribution is -2.36. The first-order valence-electron chi connectivity index (χ1n) is 7.08. The molecule has 3 N–H and O–H groups in total. The summed E-state index contributed by atoms with van der Waals surface area (Å²) in [7, 11) is 1.49. The van der Waals surface area contributed by atoms with E-state index in [9.17, 15) is 4.79 Å². The minimum absolute atomic E-state index is 0. The van der Waals surface area contributed by atoms with Gasteiger partial charge in [0.25, 0.3) is 5.91 Å². The highest BCUT2D eigenvalue weighted by Crippen LogP contribution is 2.28. The number of methoxy groups -OCH3 is 1. The monoisotopic (exact) mass is 314 g/mol. The van der Waals surface area contributed by atoms with Crippen LogP contribution in [0.2, 0.25) is 0 Å². The van der Waals surface area contributed by atoms with Crippen molar-refractivity contribution in [3.8, 4) is 0 Å². The summed E-state index contributed by atoms with van der Waals surface area (Å²) < 4.78 is 5.06. The van der Waals surface area contributed by atoms with E-state index >= 15 is 0 Å². The standard InChI is InChI=1S/C16H26N2O2.ClH/c1-10(2)12-6-7-14(13(8-12)11(3)4)18-16(19)15(9-17)20-5;/h6-8,10-11,15H,9,17H2,1-5H3,(H,18,19);1H. The Morgan fingerprint density at radius 1 is 1.24 bits per heavy atom. The van der Waals surface area contributed by atoms with E-state index in [1.165, 1.54) is 12.7 Å². The van der Waals surface area contributed by atoms with Gasteiger partial charge in [-0.05, 0) is 29.0 Å². The van der Waals surface area contributed by atoms with Gasteiger partial charge in [0.15, 0.2) is 0 Å². The first-order chi connectivity index (χ1) is 9.40. The van der Waals surface area contributed by atoms with E-state index in [4.69, 9.17) is 10.5 Å². The summed E-state index contributed by atoms with van der Waals surface area (Å²) in [5.74, 6) is 0.602. The van der Waals surface area contributed by atoms with Gasteiger partial charge < -0.3 is 15.8 Å². The Balaban J connectivity index is 0.00000400. The molecule has 120 valence electrons. The van der Waals surface area contributed by atoms with Crippen LogP contribution in [0.1, 0.15) is 50.7 Å². The zero-order valence-corrected chi connectivity index (χ0v) is 14.3. The summed E-state index contributed by atoms with van der Waals surface area (Å²) in [6, 6.07) is 6.18. The molecule has 1 aromatic carbocycles. The van der Waals surface area contributed by atoms with Crippen LogP contribution in [0.15, 0.2) is 18.2 Å². The van der Waals surface area contributed by atoms with E-state index in [1.807, 2.05) is 6.07 Å². The number of hydrogen-bond acceptors (Lipinski definition) is 3. The van der Waals surface area contributed by atoms with Gasteiger partial charge in [0, 0.05) is 19.3 Å². The normalized spacial score (nSPS) is 12.2. The molecule has 1 unspecified atom stereocenters. The zero-order valence-electron chi connectivity index (χ0n) is 13.5. The predicted molar refractivity (Wildman–Crippen MR) is 90.3 cm³/mol. The minimum atomic E-state index is -0.611. The van der Waals surface area contributed by atoms with Gasteiger partial charge in [0.05, 0.1) is 0 Å². The fourth-order valence-corrected chi connectivity index (χ4v) is 2.06. The lowest BCUT2D eigenvalue weighted by atomic mass is 9.94. The van der Waals surface area contributed by atoms with E-state index in [-0.39, 0.29) is 24.9 Å². The largest absolute Gasteiger partial charge is 0.370 e. The van der Waals surface area contributed by atoms with Crippen molar-refractivity contribution in [2.24, 2.45) is 5.73 Å². The molecule has 1 amide bonds. The van der Waals surface area contributed by atoms with Gasteiger partial charge in [-0.2, -0.15) is 0 Å². The molecule has 4 nitrogen and oxygen atoms in total. The van der Waals surface area contributed by atoms with Gasteiger partial charge in [-0.25, -0.2) is 0 Å². The maximum Gasteiger partial charge on any atom is 0.254 e. The summed E-state index contributed by atoms with van der Waals surface area (Å²) in [5, 5.41) is 2.92. The Labute approximate surface area is 133 Å². The number of nitrogens with two attached hydrogens (primary N) is 1. The van der Waals surface area contributed by atoms with E-state index < -0.39 is 6.10 Å². The number of amides is 1. The van der Waals surface area contributed by atoms with Crippen LogP contribution in [0, 0.1) is 0 Å². The van der Waals surface area contributed by atoms with Gasteiger partial charge in [0.1, 0.15) is 6.10 Å². The maximum atomic E-state index is 12.1. The Morgan fingerprint density at radius 2 is 1.86 bits per heavy atom. The number of benzene rings is 1. The van der Waals surface area contributed by atoms with Crippen LogP contribution in [-0.4, -0.2) is 25.7 Å². The van der Waals surface area contributed by atoms with Crippen LogP contribution >= 0.6 is 12.4 Å². The number of carbonyl (C=O) groups is 1. The third-order valence-electron chi connectivity index (χ3n) is 3.41. The molecule has 0 heterocycles. The quantitative estimate of drug-likeness (QED) is 0.847. The molecule has 0 aromatic heterocycles. The predicted octanol–water partition coefficient (Wildman–Crippen LogP) is 3.27. The number of carbonyl (C=O) groups excluding carboxylic acids is 1. The Kier molecular flexibility index (Phi) is 8.55.